The number of carbonyl (C=O) groups is 2. The number of thioether (sulfide) groups is 1. The highest BCUT2D eigenvalue weighted by atomic mass is 32.2. The van der Waals surface area contributed by atoms with Crippen molar-refractivity contribution in [2.24, 2.45) is 0 Å². The van der Waals surface area contributed by atoms with Gasteiger partial charge in [-0.1, -0.05) is 18.2 Å². The van der Waals surface area contributed by atoms with E-state index in [1.807, 2.05) is 37.3 Å². The first-order valence-corrected chi connectivity index (χ1v) is 7.73. The van der Waals surface area contributed by atoms with Gasteiger partial charge in [-0.15, -0.1) is 11.8 Å². The third kappa shape index (κ3) is 4.93. The average Bonchev–Trinajstić information content (AvgIpc) is 2.49. The van der Waals surface area contributed by atoms with Crippen molar-refractivity contribution in [3.05, 3.63) is 54.6 Å². The van der Waals surface area contributed by atoms with Gasteiger partial charge in [-0.2, -0.15) is 0 Å². The summed E-state index contributed by atoms with van der Waals surface area (Å²) in [7, 11) is 0. The summed E-state index contributed by atoms with van der Waals surface area (Å²) < 4.78 is 5.34. The number of benzene rings is 2. The van der Waals surface area contributed by atoms with Crippen LogP contribution in [0, 0.1) is 0 Å². The van der Waals surface area contributed by atoms with Crippen molar-refractivity contribution >= 4 is 29.3 Å². The van der Waals surface area contributed by atoms with Gasteiger partial charge in [-0.05, 0) is 43.3 Å². The Balaban J connectivity index is 1.92. The van der Waals surface area contributed by atoms with Gasteiger partial charge < -0.3 is 10.1 Å². The Morgan fingerprint density at radius 1 is 1.05 bits per heavy atom. The van der Waals surface area contributed by atoms with Crippen LogP contribution in [0.25, 0.3) is 0 Å². The molecular formula is C17H17NO3S. The smallest absolute Gasteiger partial charge is 0.324 e. The first-order valence-electron chi connectivity index (χ1n) is 6.85. The van der Waals surface area contributed by atoms with Gasteiger partial charge in [-0.3, -0.25) is 9.59 Å². The van der Waals surface area contributed by atoms with Crippen LogP contribution >= 0.6 is 11.8 Å². The van der Waals surface area contributed by atoms with Crippen LogP contribution < -0.4 is 10.1 Å². The molecule has 0 bridgehead atoms. The number of hydrogen-bond acceptors (Lipinski definition) is 4. The maximum Gasteiger partial charge on any atom is 0.324 e. The SMILES string of the molecule is CC(=O)Nc1ccc(OC(=O)C(C)Sc2ccccc2)cc1. The van der Waals surface area contributed by atoms with Crippen molar-refractivity contribution in [1.82, 2.24) is 0 Å². The summed E-state index contributed by atoms with van der Waals surface area (Å²) in [6.07, 6.45) is 0. The summed E-state index contributed by atoms with van der Waals surface area (Å²) in [5.41, 5.74) is 0.666. The highest BCUT2D eigenvalue weighted by Crippen LogP contribution is 2.24. The number of carbonyl (C=O) groups excluding carboxylic acids is 2. The average molecular weight is 315 g/mol. The number of esters is 1. The largest absolute Gasteiger partial charge is 0.426 e. The monoisotopic (exact) mass is 315 g/mol. The standard InChI is InChI=1S/C17H17NO3S/c1-12(22-16-6-4-3-5-7-16)17(20)21-15-10-8-14(9-11-15)18-13(2)19/h3-12H,1-2H3,(H,18,19). The third-order valence-electron chi connectivity index (χ3n) is 2.78. The van der Waals surface area contributed by atoms with Gasteiger partial charge in [0, 0.05) is 17.5 Å². The topological polar surface area (TPSA) is 55.4 Å². The molecule has 0 saturated carbocycles. The van der Waals surface area contributed by atoms with Crippen molar-refractivity contribution in [1.29, 1.82) is 0 Å². The van der Waals surface area contributed by atoms with Crippen molar-refractivity contribution in [3.63, 3.8) is 0 Å². The lowest BCUT2D eigenvalue weighted by molar-refractivity contribution is -0.133. The Labute approximate surface area is 133 Å². The molecule has 1 atom stereocenters. The van der Waals surface area contributed by atoms with Gasteiger partial charge in [0.15, 0.2) is 0 Å². The number of nitrogens with one attached hydrogen (secondary N) is 1. The molecule has 4 nitrogen and oxygen atoms in total. The minimum atomic E-state index is -0.308. The molecule has 0 aliphatic heterocycles. The van der Waals surface area contributed by atoms with E-state index >= 15 is 0 Å². The molecule has 0 fully saturated rings. The zero-order valence-electron chi connectivity index (χ0n) is 12.4. The lowest BCUT2D eigenvalue weighted by Gasteiger charge is -2.11. The van der Waals surface area contributed by atoms with Crippen molar-refractivity contribution in [2.75, 3.05) is 5.32 Å². The summed E-state index contributed by atoms with van der Waals surface area (Å²) in [6.45, 7) is 3.25. The van der Waals surface area contributed by atoms with Gasteiger partial charge >= 0.3 is 5.97 Å². The molecule has 1 amide bonds. The fraction of sp³-hybridized carbons (Fsp3) is 0.176. The molecule has 5 heteroatoms. The molecule has 2 rings (SSSR count). The van der Waals surface area contributed by atoms with E-state index in [4.69, 9.17) is 4.74 Å². The zero-order chi connectivity index (χ0) is 15.9. The van der Waals surface area contributed by atoms with Crippen LogP contribution in [-0.2, 0) is 9.59 Å². The normalized spacial score (nSPS) is 11.5. The quantitative estimate of drug-likeness (QED) is 0.519. The van der Waals surface area contributed by atoms with Crippen LogP contribution in [0.4, 0.5) is 5.69 Å². The Kier molecular flexibility index (Phi) is 5.61. The highest BCUT2D eigenvalue weighted by Gasteiger charge is 2.16. The van der Waals surface area contributed by atoms with Crippen LogP contribution in [0.5, 0.6) is 5.75 Å². The second-order valence-electron chi connectivity index (χ2n) is 4.70. The molecule has 1 unspecified atom stereocenters. The maximum atomic E-state index is 12.1. The van der Waals surface area contributed by atoms with E-state index in [2.05, 4.69) is 5.32 Å². The molecule has 114 valence electrons. The third-order valence-corrected chi connectivity index (χ3v) is 3.87. The number of amides is 1. The van der Waals surface area contributed by atoms with Gasteiger partial charge in [-0.25, -0.2) is 0 Å². The molecule has 1 N–H and O–H groups in total. The maximum absolute atomic E-state index is 12.1. The molecule has 2 aromatic carbocycles. The van der Waals surface area contributed by atoms with E-state index in [-0.39, 0.29) is 17.1 Å². The number of ether oxygens (including phenoxy) is 1. The van der Waals surface area contributed by atoms with Crippen LogP contribution in [-0.4, -0.2) is 17.1 Å². The van der Waals surface area contributed by atoms with E-state index in [1.54, 1.807) is 24.3 Å². The van der Waals surface area contributed by atoms with Crippen molar-refractivity contribution in [2.45, 2.75) is 24.0 Å². The number of hydrogen-bond donors (Lipinski definition) is 1. The van der Waals surface area contributed by atoms with E-state index < -0.39 is 0 Å². The zero-order valence-corrected chi connectivity index (χ0v) is 13.2. The number of rotatable bonds is 5. The first kappa shape index (κ1) is 16.1. The van der Waals surface area contributed by atoms with E-state index in [0.717, 1.165) is 4.90 Å². The van der Waals surface area contributed by atoms with Crippen LogP contribution in [0.15, 0.2) is 59.5 Å². The number of anilines is 1. The van der Waals surface area contributed by atoms with Gasteiger partial charge in [0.05, 0.1) is 0 Å². The molecular weight excluding hydrogens is 298 g/mol. The lowest BCUT2D eigenvalue weighted by Crippen LogP contribution is -2.19. The summed E-state index contributed by atoms with van der Waals surface area (Å²) in [5.74, 6) is 0.0124. The van der Waals surface area contributed by atoms with Gasteiger partial charge in [0.25, 0.3) is 0 Å². The molecule has 0 aliphatic rings. The Morgan fingerprint density at radius 2 is 1.68 bits per heavy atom. The summed E-state index contributed by atoms with van der Waals surface area (Å²) in [4.78, 5) is 24.0. The van der Waals surface area contributed by atoms with Gasteiger partial charge in [0.1, 0.15) is 11.0 Å². The molecule has 0 aromatic heterocycles. The minimum absolute atomic E-state index is 0.141. The minimum Gasteiger partial charge on any atom is -0.426 e. The predicted molar refractivity (Wildman–Crippen MR) is 88.1 cm³/mol. The van der Waals surface area contributed by atoms with Crippen LogP contribution in [0.1, 0.15) is 13.8 Å². The van der Waals surface area contributed by atoms with Crippen LogP contribution in [0.3, 0.4) is 0 Å². The first-order chi connectivity index (χ1) is 10.5. The molecule has 0 radical (unpaired) electrons. The van der Waals surface area contributed by atoms with Crippen LogP contribution in [0.2, 0.25) is 0 Å². The van der Waals surface area contributed by atoms with E-state index in [9.17, 15) is 9.59 Å². The summed E-state index contributed by atoms with van der Waals surface area (Å²) >= 11 is 1.45. The fourth-order valence-electron chi connectivity index (χ4n) is 1.76. The molecule has 0 aliphatic carbocycles. The molecule has 0 saturated heterocycles. The fourth-order valence-corrected chi connectivity index (χ4v) is 2.63. The molecule has 2 aromatic rings. The van der Waals surface area contributed by atoms with Crippen molar-refractivity contribution in [3.8, 4) is 5.75 Å². The van der Waals surface area contributed by atoms with E-state index in [1.165, 1.54) is 18.7 Å². The summed E-state index contributed by atoms with van der Waals surface area (Å²) in [6, 6.07) is 16.4. The Morgan fingerprint density at radius 3 is 2.27 bits per heavy atom. The Bertz CT molecular complexity index is 641. The van der Waals surface area contributed by atoms with Gasteiger partial charge in [0.2, 0.25) is 5.91 Å². The Hall–Kier alpha value is -2.27. The second kappa shape index (κ2) is 7.66. The molecule has 0 heterocycles. The molecule has 22 heavy (non-hydrogen) atoms. The van der Waals surface area contributed by atoms with E-state index in [0.29, 0.717) is 11.4 Å². The van der Waals surface area contributed by atoms with Crippen molar-refractivity contribution < 1.29 is 14.3 Å². The predicted octanol–water partition coefficient (Wildman–Crippen LogP) is 3.73. The second-order valence-corrected chi connectivity index (χ2v) is 6.11. The molecule has 0 spiro atoms. The lowest BCUT2D eigenvalue weighted by atomic mass is 10.3. The highest BCUT2D eigenvalue weighted by molar-refractivity contribution is 8.00. The summed E-state index contributed by atoms with van der Waals surface area (Å²) in [5, 5.41) is 2.35.